The molecule has 1 saturated heterocycles. The molecule has 0 bridgehead atoms. The van der Waals surface area contributed by atoms with E-state index in [4.69, 9.17) is 5.73 Å². The van der Waals surface area contributed by atoms with Gasteiger partial charge in [-0.25, -0.2) is 4.98 Å². The average Bonchev–Trinajstić information content (AvgIpc) is 2.76. The fraction of sp³-hybridized carbons (Fsp3) is 0.615. The lowest BCUT2D eigenvalue weighted by Gasteiger charge is -2.29. The van der Waals surface area contributed by atoms with Crippen molar-refractivity contribution in [2.24, 2.45) is 17.6 Å². The summed E-state index contributed by atoms with van der Waals surface area (Å²) in [6.45, 7) is 2.25. The van der Waals surface area contributed by atoms with E-state index in [0.29, 0.717) is 12.0 Å². The van der Waals surface area contributed by atoms with Crippen LogP contribution in [0.4, 0.5) is 5.82 Å². The minimum absolute atomic E-state index is 0.410. The zero-order valence-electron chi connectivity index (χ0n) is 9.55. The quantitative estimate of drug-likeness (QED) is 0.777. The summed E-state index contributed by atoms with van der Waals surface area (Å²) in [4.78, 5) is 6.83. The van der Waals surface area contributed by atoms with Crippen molar-refractivity contribution in [3.8, 4) is 0 Å². The van der Waals surface area contributed by atoms with Gasteiger partial charge in [-0.05, 0) is 36.8 Å². The van der Waals surface area contributed by atoms with Gasteiger partial charge in [-0.1, -0.05) is 12.5 Å². The van der Waals surface area contributed by atoms with E-state index in [9.17, 15) is 0 Å². The SMILES string of the molecule is NC1CCCC2CN(c3ccccn3)CC12. The molecule has 2 fully saturated rings. The molecule has 0 radical (unpaired) electrons. The van der Waals surface area contributed by atoms with Crippen LogP contribution in [0.1, 0.15) is 19.3 Å². The second kappa shape index (κ2) is 4.06. The highest BCUT2D eigenvalue weighted by Gasteiger charge is 2.38. The van der Waals surface area contributed by atoms with E-state index >= 15 is 0 Å². The Morgan fingerprint density at radius 3 is 2.94 bits per heavy atom. The third-order valence-corrected chi connectivity index (χ3v) is 4.13. The van der Waals surface area contributed by atoms with Gasteiger partial charge >= 0.3 is 0 Å². The van der Waals surface area contributed by atoms with Crippen molar-refractivity contribution in [1.82, 2.24) is 4.98 Å². The molecule has 0 spiro atoms. The van der Waals surface area contributed by atoms with Crippen LogP contribution in [0.15, 0.2) is 24.4 Å². The number of rotatable bonds is 1. The predicted molar refractivity (Wildman–Crippen MR) is 65.3 cm³/mol. The van der Waals surface area contributed by atoms with Crippen LogP contribution in [0, 0.1) is 11.8 Å². The van der Waals surface area contributed by atoms with Crippen molar-refractivity contribution in [3.05, 3.63) is 24.4 Å². The van der Waals surface area contributed by atoms with Gasteiger partial charge < -0.3 is 10.6 Å². The van der Waals surface area contributed by atoms with Gasteiger partial charge in [-0.3, -0.25) is 0 Å². The molecule has 1 saturated carbocycles. The van der Waals surface area contributed by atoms with Crippen LogP contribution in [0.5, 0.6) is 0 Å². The zero-order chi connectivity index (χ0) is 11.0. The summed E-state index contributed by atoms with van der Waals surface area (Å²) in [7, 11) is 0. The molecule has 3 unspecified atom stereocenters. The van der Waals surface area contributed by atoms with Crippen molar-refractivity contribution < 1.29 is 0 Å². The Hall–Kier alpha value is -1.09. The van der Waals surface area contributed by atoms with E-state index in [2.05, 4.69) is 22.0 Å². The lowest BCUT2D eigenvalue weighted by atomic mass is 9.78. The monoisotopic (exact) mass is 217 g/mol. The highest BCUT2D eigenvalue weighted by atomic mass is 15.2. The number of hydrogen-bond donors (Lipinski definition) is 1. The average molecular weight is 217 g/mol. The topological polar surface area (TPSA) is 42.1 Å². The van der Waals surface area contributed by atoms with Crippen LogP contribution >= 0.6 is 0 Å². The summed E-state index contributed by atoms with van der Waals surface area (Å²) < 4.78 is 0. The molecular formula is C13H19N3. The first kappa shape index (κ1) is 10.1. The highest BCUT2D eigenvalue weighted by Crippen LogP contribution is 2.36. The minimum atomic E-state index is 0.410. The molecule has 0 aromatic carbocycles. The van der Waals surface area contributed by atoms with Gasteiger partial charge in [0.2, 0.25) is 0 Å². The van der Waals surface area contributed by atoms with Gasteiger partial charge in [0.25, 0.3) is 0 Å². The Morgan fingerprint density at radius 1 is 1.25 bits per heavy atom. The predicted octanol–water partition coefficient (Wildman–Crippen LogP) is 1.65. The summed E-state index contributed by atoms with van der Waals surface area (Å²) in [5.74, 6) is 2.60. The van der Waals surface area contributed by atoms with E-state index in [1.807, 2.05) is 12.3 Å². The van der Waals surface area contributed by atoms with E-state index in [0.717, 1.165) is 24.8 Å². The number of nitrogens with zero attached hydrogens (tertiary/aromatic N) is 2. The van der Waals surface area contributed by atoms with Crippen LogP contribution < -0.4 is 10.6 Å². The Bertz CT molecular complexity index is 351. The number of pyridine rings is 1. The van der Waals surface area contributed by atoms with E-state index in [1.54, 1.807) is 0 Å². The molecular weight excluding hydrogens is 198 g/mol. The largest absolute Gasteiger partial charge is 0.356 e. The van der Waals surface area contributed by atoms with Crippen LogP contribution in [-0.4, -0.2) is 24.1 Å². The molecule has 1 aliphatic heterocycles. The fourth-order valence-corrected chi connectivity index (χ4v) is 3.24. The van der Waals surface area contributed by atoms with Crippen molar-refractivity contribution in [1.29, 1.82) is 0 Å². The first-order valence-corrected chi connectivity index (χ1v) is 6.26. The normalized spacial score (nSPS) is 33.8. The molecule has 86 valence electrons. The molecule has 3 rings (SSSR count). The van der Waals surface area contributed by atoms with Crippen molar-refractivity contribution in [2.75, 3.05) is 18.0 Å². The van der Waals surface area contributed by atoms with Gasteiger partial charge in [0, 0.05) is 25.3 Å². The van der Waals surface area contributed by atoms with E-state index < -0.39 is 0 Å². The van der Waals surface area contributed by atoms with Crippen molar-refractivity contribution >= 4 is 5.82 Å². The van der Waals surface area contributed by atoms with Crippen LogP contribution in [0.3, 0.4) is 0 Å². The molecule has 2 heterocycles. The number of aromatic nitrogens is 1. The lowest BCUT2D eigenvalue weighted by molar-refractivity contribution is 0.260. The van der Waals surface area contributed by atoms with Crippen LogP contribution in [0.25, 0.3) is 0 Å². The number of hydrogen-bond acceptors (Lipinski definition) is 3. The maximum atomic E-state index is 6.21. The molecule has 2 aliphatic rings. The molecule has 0 amide bonds. The summed E-state index contributed by atoms with van der Waals surface area (Å²) in [6.07, 6.45) is 5.73. The number of anilines is 1. The Kier molecular flexibility index (Phi) is 2.56. The molecule has 16 heavy (non-hydrogen) atoms. The second-order valence-corrected chi connectivity index (χ2v) is 5.11. The Labute approximate surface area is 96.7 Å². The third-order valence-electron chi connectivity index (χ3n) is 4.13. The zero-order valence-corrected chi connectivity index (χ0v) is 9.55. The van der Waals surface area contributed by atoms with Crippen LogP contribution in [0.2, 0.25) is 0 Å². The second-order valence-electron chi connectivity index (χ2n) is 5.11. The Balaban J connectivity index is 1.77. The number of nitrogens with two attached hydrogens (primary N) is 1. The standard InChI is InChI=1S/C13H19N3/c14-12-5-3-4-10-8-16(9-11(10)12)13-6-1-2-7-15-13/h1-2,6-7,10-12H,3-5,8-9,14H2. The van der Waals surface area contributed by atoms with E-state index in [1.165, 1.54) is 19.3 Å². The highest BCUT2D eigenvalue weighted by molar-refractivity contribution is 5.39. The smallest absolute Gasteiger partial charge is 0.128 e. The molecule has 1 aliphatic carbocycles. The summed E-state index contributed by atoms with van der Waals surface area (Å²) in [6, 6.07) is 6.54. The van der Waals surface area contributed by atoms with Gasteiger partial charge in [0.1, 0.15) is 5.82 Å². The van der Waals surface area contributed by atoms with Crippen molar-refractivity contribution in [3.63, 3.8) is 0 Å². The van der Waals surface area contributed by atoms with Gasteiger partial charge in [0.15, 0.2) is 0 Å². The molecule has 3 atom stereocenters. The minimum Gasteiger partial charge on any atom is -0.356 e. The molecule has 3 nitrogen and oxygen atoms in total. The van der Waals surface area contributed by atoms with Gasteiger partial charge in [-0.2, -0.15) is 0 Å². The van der Waals surface area contributed by atoms with Gasteiger partial charge in [0.05, 0.1) is 0 Å². The summed E-state index contributed by atoms with van der Waals surface area (Å²) in [5, 5.41) is 0. The number of fused-ring (bicyclic) bond motifs is 1. The van der Waals surface area contributed by atoms with Gasteiger partial charge in [-0.15, -0.1) is 0 Å². The molecule has 3 heteroatoms. The molecule has 2 N–H and O–H groups in total. The molecule has 1 aromatic rings. The summed E-state index contributed by atoms with van der Waals surface area (Å²) in [5.41, 5.74) is 6.21. The van der Waals surface area contributed by atoms with Crippen LogP contribution in [-0.2, 0) is 0 Å². The maximum Gasteiger partial charge on any atom is 0.128 e. The van der Waals surface area contributed by atoms with E-state index in [-0.39, 0.29) is 0 Å². The first-order chi connectivity index (χ1) is 7.84. The Morgan fingerprint density at radius 2 is 2.19 bits per heavy atom. The molecule has 1 aromatic heterocycles. The maximum absolute atomic E-state index is 6.21. The summed E-state index contributed by atoms with van der Waals surface area (Å²) >= 11 is 0. The van der Waals surface area contributed by atoms with Crippen molar-refractivity contribution in [2.45, 2.75) is 25.3 Å². The first-order valence-electron chi connectivity index (χ1n) is 6.26. The fourth-order valence-electron chi connectivity index (χ4n) is 3.24. The third kappa shape index (κ3) is 1.69. The lowest BCUT2D eigenvalue weighted by Crippen LogP contribution is -2.38.